The Labute approximate surface area is 183 Å². The third-order valence-electron chi connectivity index (χ3n) is 5.45. The van der Waals surface area contributed by atoms with Gasteiger partial charge in [-0.1, -0.05) is 18.2 Å². The molecule has 3 atom stereocenters. The van der Waals surface area contributed by atoms with E-state index in [1.165, 1.54) is 19.2 Å². The molecule has 0 aliphatic carbocycles. The molecule has 2 fully saturated rings. The Bertz CT molecular complexity index is 1040. The minimum atomic E-state index is -1.43. The van der Waals surface area contributed by atoms with Crippen LogP contribution in [0.15, 0.2) is 54.6 Å². The van der Waals surface area contributed by atoms with Crippen molar-refractivity contribution in [1.82, 2.24) is 15.1 Å². The quantitative estimate of drug-likeness (QED) is 0.596. The molecule has 10 nitrogen and oxygen atoms in total. The van der Waals surface area contributed by atoms with Gasteiger partial charge in [-0.3, -0.25) is 14.4 Å². The van der Waals surface area contributed by atoms with Crippen molar-refractivity contribution in [3.63, 3.8) is 0 Å². The first-order valence-corrected chi connectivity index (χ1v) is 9.88. The number of fused-ring (bicyclic) bond motifs is 1. The standard InChI is InChI=1S/C22H21N3O7/c1-31-14-9-7-13(8-10-14)20(27)24-11-16-18(21(28)25(16)19(24)22(29)30)23-17(26)12-32-15-5-3-2-4-6-15/h2-10,16,18-19H,11-12H2,1H3,(H,23,26)(H,29,30)/t16?,18-,19?/m0/s1. The van der Waals surface area contributed by atoms with E-state index in [0.717, 1.165) is 9.80 Å². The first kappa shape index (κ1) is 21.2. The summed E-state index contributed by atoms with van der Waals surface area (Å²) < 4.78 is 10.4. The number of ether oxygens (including phenoxy) is 2. The van der Waals surface area contributed by atoms with Crippen LogP contribution in [0.1, 0.15) is 10.4 Å². The zero-order valence-electron chi connectivity index (χ0n) is 17.1. The van der Waals surface area contributed by atoms with E-state index in [-0.39, 0.29) is 18.7 Å². The number of carboxylic acid groups (broad SMARTS) is 1. The van der Waals surface area contributed by atoms with Gasteiger partial charge in [-0.2, -0.15) is 0 Å². The van der Waals surface area contributed by atoms with Crippen LogP contribution in [0.3, 0.4) is 0 Å². The first-order chi connectivity index (χ1) is 15.4. The lowest BCUT2D eigenvalue weighted by Gasteiger charge is -2.43. The van der Waals surface area contributed by atoms with Crippen LogP contribution in [0.5, 0.6) is 11.5 Å². The van der Waals surface area contributed by atoms with E-state index < -0.39 is 41.9 Å². The van der Waals surface area contributed by atoms with Gasteiger partial charge in [0.2, 0.25) is 12.1 Å². The summed E-state index contributed by atoms with van der Waals surface area (Å²) in [6, 6.07) is 13.4. The molecule has 10 heteroatoms. The Hall–Kier alpha value is -4.08. The van der Waals surface area contributed by atoms with Crippen LogP contribution in [0.25, 0.3) is 0 Å². The largest absolute Gasteiger partial charge is 0.497 e. The average molecular weight is 439 g/mol. The summed E-state index contributed by atoms with van der Waals surface area (Å²) in [7, 11) is 1.49. The van der Waals surface area contributed by atoms with Gasteiger partial charge in [-0.25, -0.2) is 4.79 Å². The lowest BCUT2D eigenvalue weighted by molar-refractivity contribution is -0.163. The zero-order valence-corrected chi connectivity index (χ0v) is 17.1. The first-order valence-electron chi connectivity index (χ1n) is 9.88. The van der Waals surface area contributed by atoms with Gasteiger partial charge < -0.3 is 29.7 Å². The molecule has 166 valence electrons. The van der Waals surface area contributed by atoms with E-state index in [0.29, 0.717) is 11.5 Å². The number of nitrogens with one attached hydrogen (secondary N) is 1. The van der Waals surface area contributed by atoms with Crippen molar-refractivity contribution in [1.29, 1.82) is 0 Å². The number of para-hydroxylation sites is 1. The maximum Gasteiger partial charge on any atom is 0.347 e. The molecule has 2 unspecified atom stereocenters. The van der Waals surface area contributed by atoms with Gasteiger partial charge in [0, 0.05) is 12.1 Å². The minimum absolute atomic E-state index is 0.0158. The third kappa shape index (κ3) is 3.82. The second-order valence-corrected chi connectivity index (χ2v) is 7.36. The predicted octanol–water partition coefficient (Wildman–Crippen LogP) is 0.336. The van der Waals surface area contributed by atoms with Gasteiger partial charge in [-0.15, -0.1) is 0 Å². The molecule has 2 saturated heterocycles. The molecular formula is C22H21N3O7. The van der Waals surface area contributed by atoms with Crippen molar-refractivity contribution in [2.24, 2.45) is 0 Å². The van der Waals surface area contributed by atoms with Gasteiger partial charge in [0.1, 0.15) is 17.5 Å². The molecule has 2 aromatic rings. The van der Waals surface area contributed by atoms with Crippen molar-refractivity contribution < 1.29 is 33.8 Å². The second-order valence-electron chi connectivity index (χ2n) is 7.36. The second kappa shape index (κ2) is 8.58. The van der Waals surface area contributed by atoms with Crippen LogP contribution in [0, 0.1) is 0 Å². The summed E-state index contributed by atoms with van der Waals surface area (Å²) in [5, 5.41) is 12.2. The molecule has 0 saturated carbocycles. The molecule has 3 amide bonds. The highest BCUT2D eigenvalue weighted by Gasteiger charge is 2.61. The molecule has 2 N–H and O–H groups in total. The van der Waals surface area contributed by atoms with E-state index in [9.17, 15) is 24.3 Å². The smallest absolute Gasteiger partial charge is 0.347 e. The lowest BCUT2D eigenvalue weighted by atomic mass is 9.96. The molecule has 0 bridgehead atoms. The van der Waals surface area contributed by atoms with Gasteiger partial charge in [0.15, 0.2) is 6.61 Å². The Morgan fingerprint density at radius 1 is 1.06 bits per heavy atom. The normalized spacial score (nSPS) is 21.4. The number of nitrogens with zero attached hydrogens (tertiary/aromatic N) is 2. The number of benzene rings is 2. The van der Waals surface area contributed by atoms with Crippen LogP contribution < -0.4 is 14.8 Å². The summed E-state index contributed by atoms with van der Waals surface area (Å²) in [5.74, 6) is -1.86. The van der Waals surface area contributed by atoms with Crippen LogP contribution in [-0.4, -0.2) is 77.1 Å². The molecule has 0 radical (unpaired) electrons. The van der Waals surface area contributed by atoms with Crippen molar-refractivity contribution >= 4 is 23.7 Å². The highest BCUT2D eigenvalue weighted by Crippen LogP contribution is 2.33. The highest BCUT2D eigenvalue weighted by atomic mass is 16.5. The number of β-lactam (4-membered cyclic amide) rings is 1. The van der Waals surface area contributed by atoms with Gasteiger partial charge in [0.05, 0.1) is 13.2 Å². The topological polar surface area (TPSA) is 125 Å². The number of carboxylic acids is 1. The van der Waals surface area contributed by atoms with E-state index in [1.807, 2.05) is 6.07 Å². The minimum Gasteiger partial charge on any atom is -0.497 e. The predicted molar refractivity (Wildman–Crippen MR) is 110 cm³/mol. The summed E-state index contributed by atoms with van der Waals surface area (Å²) in [6.07, 6.45) is -1.43. The van der Waals surface area contributed by atoms with Gasteiger partial charge >= 0.3 is 5.97 Å². The Kier molecular flexibility index (Phi) is 5.67. The Morgan fingerprint density at radius 3 is 2.38 bits per heavy atom. The maximum atomic E-state index is 13.0. The van der Waals surface area contributed by atoms with Crippen molar-refractivity contribution in [3.8, 4) is 11.5 Å². The van der Waals surface area contributed by atoms with Crippen molar-refractivity contribution in [2.75, 3.05) is 20.3 Å². The number of hydrogen-bond acceptors (Lipinski definition) is 6. The van der Waals surface area contributed by atoms with Crippen LogP contribution in [-0.2, 0) is 14.4 Å². The average Bonchev–Trinajstić information content (AvgIpc) is 3.18. The van der Waals surface area contributed by atoms with Gasteiger partial charge in [0.25, 0.3) is 11.8 Å². The molecule has 4 rings (SSSR count). The number of aliphatic carboxylic acids is 1. The van der Waals surface area contributed by atoms with E-state index in [1.54, 1.807) is 36.4 Å². The number of carbonyl (C=O) groups is 4. The fraction of sp³-hybridized carbons (Fsp3) is 0.273. The molecular weight excluding hydrogens is 418 g/mol. The molecule has 2 aliphatic heterocycles. The van der Waals surface area contributed by atoms with Crippen LogP contribution in [0.2, 0.25) is 0 Å². The fourth-order valence-electron chi connectivity index (χ4n) is 3.90. The van der Waals surface area contributed by atoms with Crippen LogP contribution >= 0.6 is 0 Å². The Balaban J connectivity index is 1.43. The maximum absolute atomic E-state index is 13.0. The fourth-order valence-corrected chi connectivity index (χ4v) is 3.90. The van der Waals surface area contributed by atoms with Crippen LogP contribution in [0.4, 0.5) is 0 Å². The molecule has 0 aromatic heterocycles. The van der Waals surface area contributed by atoms with Gasteiger partial charge in [-0.05, 0) is 36.4 Å². The number of amides is 3. The van der Waals surface area contributed by atoms with Crippen molar-refractivity contribution in [3.05, 3.63) is 60.2 Å². The van der Waals surface area contributed by atoms with E-state index in [2.05, 4.69) is 5.32 Å². The number of carbonyl (C=O) groups excluding carboxylic acids is 3. The molecule has 0 spiro atoms. The summed E-state index contributed by atoms with van der Waals surface area (Å²) >= 11 is 0. The number of hydrogen-bond donors (Lipinski definition) is 2. The monoisotopic (exact) mass is 439 g/mol. The summed E-state index contributed by atoms with van der Waals surface area (Å²) in [4.78, 5) is 51.9. The third-order valence-corrected chi connectivity index (χ3v) is 5.45. The SMILES string of the molecule is COc1ccc(C(=O)N2CC3[C@H](NC(=O)COc4ccccc4)C(=O)N3C2C(=O)O)cc1. The van der Waals surface area contributed by atoms with E-state index >= 15 is 0 Å². The van der Waals surface area contributed by atoms with E-state index in [4.69, 9.17) is 9.47 Å². The summed E-state index contributed by atoms with van der Waals surface area (Å²) in [5.41, 5.74) is 0.267. The lowest BCUT2D eigenvalue weighted by Crippen LogP contribution is -2.71. The molecule has 2 aliphatic rings. The highest BCUT2D eigenvalue weighted by molar-refractivity contribution is 6.02. The summed E-state index contributed by atoms with van der Waals surface area (Å²) in [6.45, 7) is -0.310. The molecule has 2 heterocycles. The molecule has 32 heavy (non-hydrogen) atoms. The number of rotatable bonds is 7. The molecule has 2 aromatic carbocycles. The zero-order chi connectivity index (χ0) is 22.8. The van der Waals surface area contributed by atoms with Crippen molar-refractivity contribution in [2.45, 2.75) is 18.2 Å². The Morgan fingerprint density at radius 2 is 1.75 bits per heavy atom. The number of methoxy groups -OCH3 is 1.